The molecule has 0 radical (unpaired) electrons. The van der Waals surface area contributed by atoms with Gasteiger partial charge in [-0.1, -0.05) is 214 Å². The Morgan fingerprint density at radius 3 is 2.06 bits per heavy atom. The summed E-state index contributed by atoms with van der Waals surface area (Å²) in [7, 11) is 0. The normalized spacial score (nSPS) is 18.7. The van der Waals surface area contributed by atoms with E-state index in [4.69, 9.17) is 15.0 Å². The number of aliphatic imine (C=N–C) groups is 2. The molecule has 2 aliphatic carbocycles. The Morgan fingerprint density at radius 2 is 1.29 bits per heavy atom. The van der Waals surface area contributed by atoms with Crippen molar-refractivity contribution in [3.63, 3.8) is 0 Å². The fraction of sp³-hybridized carbons (Fsp3) is 0.0656. The van der Waals surface area contributed by atoms with Crippen molar-refractivity contribution in [3.05, 3.63) is 277 Å². The fourth-order valence-corrected chi connectivity index (χ4v) is 11.6. The number of fused-ring (bicyclic) bond motifs is 10. The number of allylic oxidation sites excluding steroid dienone is 7. The first-order chi connectivity index (χ1) is 32.4. The molecule has 3 atom stereocenters. The van der Waals surface area contributed by atoms with E-state index in [-0.39, 0.29) is 11.2 Å². The number of nitrogens with one attached hydrogen (secondary N) is 1. The van der Waals surface area contributed by atoms with E-state index in [9.17, 15) is 0 Å². The number of aromatic nitrogens is 1. The molecule has 4 nitrogen and oxygen atoms in total. The number of amidine groups is 2. The molecule has 0 fully saturated rings. The molecule has 5 heteroatoms. The highest BCUT2D eigenvalue weighted by Crippen LogP contribution is 2.64. The monoisotopic (exact) mass is 866 g/mol. The number of nitrogens with zero attached hydrogens (tertiary/aromatic N) is 3. The van der Waals surface area contributed by atoms with Crippen molar-refractivity contribution in [2.75, 3.05) is 0 Å². The molecular weight excluding hydrogens is 821 g/mol. The molecule has 1 spiro atoms. The molecule has 0 saturated heterocycles. The van der Waals surface area contributed by atoms with Crippen molar-refractivity contribution in [1.29, 1.82) is 0 Å². The predicted molar refractivity (Wildman–Crippen MR) is 278 cm³/mol. The van der Waals surface area contributed by atoms with E-state index in [1.54, 1.807) is 6.08 Å². The fourth-order valence-electron chi connectivity index (χ4n) is 10.1. The van der Waals surface area contributed by atoms with E-state index in [1.165, 1.54) is 32.7 Å². The Labute approximate surface area is 391 Å². The van der Waals surface area contributed by atoms with Crippen molar-refractivity contribution in [2.24, 2.45) is 15.9 Å². The summed E-state index contributed by atoms with van der Waals surface area (Å²) in [5.74, 6) is 1.49. The summed E-state index contributed by atoms with van der Waals surface area (Å²) in [4.78, 5) is 16.8. The quantitative estimate of drug-likeness (QED) is 0.139. The Bertz CT molecular complexity index is 3290. The Hall–Kier alpha value is -7.86. The number of para-hydroxylation sites is 1. The molecule has 3 unspecified atom stereocenters. The van der Waals surface area contributed by atoms with E-state index < -0.39 is 11.6 Å². The second-order valence-electron chi connectivity index (χ2n) is 17.0. The zero-order chi connectivity index (χ0) is 44.8. The van der Waals surface area contributed by atoms with Crippen LogP contribution in [-0.4, -0.2) is 28.1 Å². The topological polar surface area (TPSA) is 49.6 Å². The van der Waals surface area contributed by atoms with Gasteiger partial charge in [0.15, 0.2) is 6.17 Å². The van der Waals surface area contributed by atoms with Gasteiger partial charge in [-0.05, 0) is 73.4 Å². The number of benzene rings is 6. The number of hydrogen-bond donors (Lipinski definition) is 1. The van der Waals surface area contributed by atoms with Crippen LogP contribution < -0.4 is 5.32 Å². The number of pyridine rings is 1. The van der Waals surface area contributed by atoms with E-state index >= 15 is 0 Å². The number of thioether (sulfide) groups is 1. The maximum absolute atomic E-state index is 5.36. The van der Waals surface area contributed by atoms with E-state index in [0.717, 1.165) is 61.3 Å². The Kier molecular flexibility index (Phi) is 10.5. The number of hydrogen-bond acceptors (Lipinski definition) is 5. The van der Waals surface area contributed by atoms with Gasteiger partial charge in [0.25, 0.3) is 0 Å². The van der Waals surface area contributed by atoms with E-state index in [1.807, 2.05) is 54.4 Å². The van der Waals surface area contributed by atoms with Gasteiger partial charge < -0.3 is 5.32 Å². The highest BCUT2D eigenvalue weighted by Gasteiger charge is 2.55. The van der Waals surface area contributed by atoms with Crippen LogP contribution in [-0.2, 0) is 5.41 Å². The van der Waals surface area contributed by atoms with Crippen molar-refractivity contribution < 1.29 is 0 Å². The molecule has 316 valence electrons. The predicted octanol–water partition coefficient (Wildman–Crippen LogP) is 14.2. The lowest BCUT2D eigenvalue weighted by Crippen LogP contribution is -2.44. The van der Waals surface area contributed by atoms with Gasteiger partial charge in [0, 0.05) is 44.3 Å². The van der Waals surface area contributed by atoms with Crippen LogP contribution in [0.15, 0.2) is 270 Å². The lowest BCUT2D eigenvalue weighted by Gasteiger charge is -2.48. The molecule has 0 bridgehead atoms. The largest absolute Gasteiger partial charge is 0.324 e. The zero-order valence-electron chi connectivity index (χ0n) is 36.4. The van der Waals surface area contributed by atoms with E-state index in [2.05, 4.69) is 189 Å². The molecule has 2 aliphatic heterocycles. The summed E-state index contributed by atoms with van der Waals surface area (Å²) in [6.07, 6.45) is 17.9. The second-order valence-corrected chi connectivity index (χ2v) is 18.2. The maximum Gasteiger partial charge on any atom is 0.169 e. The first-order valence-electron chi connectivity index (χ1n) is 22.3. The summed E-state index contributed by atoms with van der Waals surface area (Å²) in [6, 6.07) is 54.7. The van der Waals surface area contributed by atoms with Gasteiger partial charge in [-0.3, -0.25) is 4.98 Å². The van der Waals surface area contributed by atoms with Crippen molar-refractivity contribution in [2.45, 2.75) is 21.7 Å². The summed E-state index contributed by atoms with van der Waals surface area (Å²) < 4.78 is 0. The average Bonchev–Trinajstić information content (AvgIpc) is 3.67. The Balaban J connectivity index is 1.03. The van der Waals surface area contributed by atoms with Crippen LogP contribution in [0.25, 0.3) is 44.3 Å². The summed E-state index contributed by atoms with van der Waals surface area (Å²) in [5.41, 5.74) is 16.1. The lowest BCUT2D eigenvalue weighted by atomic mass is 9.61. The van der Waals surface area contributed by atoms with Crippen LogP contribution in [0.1, 0.15) is 22.3 Å². The van der Waals surface area contributed by atoms with Gasteiger partial charge in [0.05, 0.1) is 10.9 Å². The SMILES string of the molecule is C=C/C=C\C(=C)C(=C)/C=C\C(=C)C1=NC(C2=CC3Sc4cc(-c5cccc6cccnc56)ccc4C4(c5ccccc5-c5ccccc54)C3C=C2)N=C(c2ccc(-c3ccccc3)cc2)N1. The molecule has 1 N–H and O–H groups in total. The van der Waals surface area contributed by atoms with Crippen molar-refractivity contribution in [1.82, 2.24) is 10.3 Å². The third-order valence-electron chi connectivity index (χ3n) is 13.3. The molecule has 0 amide bonds. The van der Waals surface area contributed by atoms with Crippen LogP contribution in [0.5, 0.6) is 0 Å². The summed E-state index contributed by atoms with van der Waals surface area (Å²) >= 11 is 1.94. The highest BCUT2D eigenvalue weighted by molar-refractivity contribution is 8.00. The smallest absolute Gasteiger partial charge is 0.169 e. The molecule has 4 aliphatic rings. The number of rotatable bonds is 10. The van der Waals surface area contributed by atoms with Crippen molar-refractivity contribution >= 4 is 34.3 Å². The van der Waals surface area contributed by atoms with Gasteiger partial charge in [-0.2, -0.15) is 0 Å². The van der Waals surface area contributed by atoms with Crippen LogP contribution in [0.3, 0.4) is 0 Å². The molecular formula is C61H46N4S. The molecule has 7 aromatic rings. The minimum Gasteiger partial charge on any atom is -0.324 e. The summed E-state index contributed by atoms with van der Waals surface area (Å²) in [5, 5.41) is 4.75. The first-order valence-corrected chi connectivity index (χ1v) is 23.2. The molecule has 0 saturated carbocycles. The third kappa shape index (κ3) is 7.00. The first kappa shape index (κ1) is 40.9. The standard InChI is InChI=1S/C61H46N4S/c1-5-6-16-39(2)40(3)26-27-41(4)58-63-59(45-30-28-43(29-31-45)42-17-8-7-9-18-42)65-60(64-58)47-33-35-54-56(38-47)66-55-37-46(48-23-14-19-44-20-15-36-62-57(44)48)32-34-53(55)61(54)51-24-12-10-21-49(51)50-22-11-13-25-52(50)61/h5-38,54,56,60H,1-4H2,(H,63,64,65)/b16-6-,27-26-. The van der Waals surface area contributed by atoms with Gasteiger partial charge in [0.1, 0.15) is 11.7 Å². The average molecular weight is 867 g/mol. The molecule has 66 heavy (non-hydrogen) atoms. The second kappa shape index (κ2) is 16.9. The van der Waals surface area contributed by atoms with E-state index in [0.29, 0.717) is 11.4 Å². The van der Waals surface area contributed by atoms with Crippen LogP contribution in [0.4, 0.5) is 0 Å². The van der Waals surface area contributed by atoms with Gasteiger partial charge in [-0.15, -0.1) is 11.8 Å². The molecule has 6 aromatic carbocycles. The van der Waals surface area contributed by atoms with Gasteiger partial charge in [0.2, 0.25) is 0 Å². The zero-order valence-corrected chi connectivity index (χ0v) is 37.3. The Morgan fingerprint density at radius 1 is 0.621 bits per heavy atom. The third-order valence-corrected chi connectivity index (χ3v) is 14.5. The highest BCUT2D eigenvalue weighted by atomic mass is 32.2. The summed E-state index contributed by atoms with van der Waals surface area (Å²) in [6.45, 7) is 16.7. The lowest BCUT2D eigenvalue weighted by molar-refractivity contribution is 0.447. The van der Waals surface area contributed by atoms with Crippen LogP contribution >= 0.6 is 11.8 Å². The maximum atomic E-state index is 5.36. The minimum atomic E-state index is -0.518. The molecule has 11 rings (SSSR count). The van der Waals surface area contributed by atoms with Gasteiger partial charge in [-0.25, -0.2) is 9.98 Å². The van der Waals surface area contributed by atoms with Crippen molar-refractivity contribution in [3.8, 4) is 33.4 Å². The molecule has 3 heterocycles. The van der Waals surface area contributed by atoms with Gasteiger partial charge >= 0.3 is 0 Å². The molecule has 1 aromatic heterocycles. The van der Waals surface area contributed by atoms with Crippen LogP contribution in [0.2, 0.25) is 0 Å². The van der Waals surface area contributed by atoms with Crippen LogP contribution in [0, 0.1) is 5.92 Å². The minimum absolute atomic E-state index is 0.0657.